The number of benzene rings is 1. The number of carbonyl (C=O) groups excluding carboxylic acids is 2. The molecule has 108 valence electrons. The Morgan fingerprint density at radius 2 is 2.10 bits per heavy atom. The largest absolute Gasteiger partial charge is 0.489 e. The van der Waals surface area contributed by atoms with Crippen LogP contribution < -0.4 is 20.7 Å². The molecule has 1 aromatic rings. The topological polar surface area (TPSA) is 84.7 Å². The van der Waals surface area contributed by atoms with Gasteiger partial charge in [0.05, 0.1) is 18.3 Å². The van der Waals surface area contributed by atoms with Gasteiger partial charge < -0.3 is 15.4 Å². The van der Waals surface area contributed by atoms with Crippen LogP contribution in [0, 0.1) is 0 Å². The molecule has 1 atom stereocenters. The first-order valence-corrected chi connectivity index (χ1v) is 6.55. The lowest BCUT2D eigenvalue weighted by molar-refractivity contribution is -0.132. The number of anilines is 2. The van der Waals surface area contributed by atoms with E-state index < -0.39 is 6.04 Å². The molecule has 3 N–H and O–H groups in total. The number of rotatable bonds is 3. The molecule has 20 heavy (non-hydrogen) atoms. The van der Waals surface area contributed by atoms with E-state index in [9.17, 15) is 9.59 Å². The Morgan fingerprint density at radius 1 is 1.40 bits per heavy atom. The van der Waals surface area contributed by atoms with E-state index in [4.69, 9.17) is 10.5 Å². The SMILES string of the molecule is CC(C)Oc1cc(N2CC(=O)NC(=O)C2C)ccc1N. The van der Waals surface area contributed by atoms with Crippen LogP contribution in [0.2, 0.25) is 0 Å². The summed E-state index contributed by atoms with van der Waals surface area (Å²) in [5, 5.41) is 2.31. The lowest BCUT2D eigenvalue weighted by Crippen LogP contribution is -2.57. The predicted octanol–water partition coefficient (Wildman–Crippen LogP) is 0.907. The van der Waals surface area contributed by atoms with E-state index in [0.717, 1.165) is 5.69 Å². The van der Waals surface area contributed by atoms with Crippen LogP contribution in [-0.2, 0) is 9.59 Å². The van der Waals surface area contributed by atoms with Crippen molar-refractivity contribution in [1.82, 2.24) is 5.32 Å². The van der Waals surface area contributed by atoms with Crippen molar-refractivity contribution in [2.45, 2.75) is 32.9 Å². The van der Waals surface area contributed by atoms with Crippen LogP contribution in [-0.4, -0.2) is 30.5 Å². The fourth-order valence-corrected chi connectivity index (χ4v) is 2.09. The second-order valence-corrected chi connectivity index (χ2v) is 5.11. The van der Waals surface area contributed by atoms with Gasteiger partial charge in [0.1, 0.15) is 11.8 Å². The molecule has 6 nitrogen and oxygen atoms in total. The monoisotopic (exact) mass is 277 g/mol. The predicted molar refractivity (Wildman–Crippen MR) is 76.6 cm³/mol. The number of nitrogens with two attached hydrogens (primary N) is 1. The maximum absolute atomic E-state index is 11.7. The molecule has 2 amide bonds. The van der Waals surface area contributed by atoms with Crippen LogP contribution in [0.4, 0.5) is 11.4 Å². The number of nitrogens with one attached hydrogen (secondary N) is 1. The average molecular weight is 277 g/mol. The number of hydrogen-bond acceptors (Lipinski definition) is 5. The minimum Gasteiger partial charge on any atom is -0.489 e. The van der Waals surface area contributed by atoms with Crippen molar-refractivity contribution in [2.75, 3.05) is 17.2 Å². The molecule has 0 aromatic heterocycles. The van der Waals surface area contributed by atoms with Gasteiger partial charge in [0.2, 0.25) is 11.8 Å². The Kier molecular flexibility index (Phi) is 3.83. The summed E-state index contributed by atoms with van der Waals surface area (Å²) in [4.78, 5) is 24.9. The van der Waals surface area contributed by atoms with E-state index in [1.54, 1.807) is 30.0 Å². The smallest absolute Gasteiger partial charge is 0.249 e. The van der Waals surface area contributed by atoms with Crippen LogP contribution >= 0.6 is 0 Å². The lowest BCUT2D eigenvalue weighted by atomic mass is 10.1. The average Bonchev–Trinajstić information content (AvgIpc) is 2.36. The van der Waals surface area contributed by atoms with E-state index in [1.165, 1.54) is 0 Å². The fourth-order valence-electron chi connectivity index (χ4n) is 2.09. The van der Waals surface area contributed by atoms with Crippen molar-refractivity contribution in [3.05, 3.63) is 18.2 Å². The number of nitrogens with zero attached hydrogens (tertiary/aromatic N) is 1. The Hall–Kier alpha value is -2.24. The molecule has 0 bridgehead atoms. The van der Waals surface area contributed by atoms with Crippen molar-refractivity contribution in [2.24, 2.45) is 0 Å². The highest BCUT2D eigenvalue weighted by Crippen LogP contribution is 2.30. The van der Waals surface area contributed by atoms with Gasteiger partial charge in [-0.15, -0.1) is 0 Å². The zero-order chi connectivity index (χ0) is 14.9. The minimum atomic E-state index is -0.414. The second kappa shape index (κ2) is 5.40. The van der Waals surface area contributed by atoms with Gasteiger partial charge in [-0.3, -0.25) is 14.9 Å². The van der Waals surface area contributed by atoms with Gasteiger partial charge >= 0.3 is 0 Å². The van der Waals surface area contributed by atoms with Gasteiger partial charge in [-0.05, 0) is 32.9 Å². The number of amides is 2. The van der Waals surface area contributed by atoms with Gasteiger partial charge in [-0.2, -0.15) is 0 Å². The fraction of sp³-hybridized carbons (Fsp3) is 0.429. The normalized spacial score (nSPS) is 19.2. The molecule has 0 spiro atoms. The summed E-state index contributed by atoms with van der Waals surface area (Å²) in [5.41, 5.74) is 7.14. The number of piperazine rings is 1. The Balaban J connectivity index is 2.32. The number of imide groups is 1. The standard InChI is InChI=1S/C14H19N3O3/c1-8(2)20-12-6-10(4-5-11(12)15)17-7-13(18)16-14(19)9(17)3/h4-6,8-9H,7,15H2,1-3H3,(H,16,18,19). The van der Waals surface area contributed by atoms with Crippen LogP contribution in [0.5, 0.6) is 5.75 Å². The summed E-state index contributed by atoms with van der Waals surface area (Å²) >= 11 is 0. The maximum Gasteiger partial charge on any atom is 0.249 e. The maximum atomic E-state index is 11.7. The molecule has 1 aliphatic rings. The molecule has 6 heteroatoms. The molecular weight excluding hydrogens is 258 g/mol. The zero-order valence-corrected chi connectivity index (χ0v) is 11.8. The van der Waals surface area contributed by atoms with Crippen molar-refractivity contribution in [3.63, 3.8) is 0 Å². The minimum absolute atomic E-state index is 0.00346. The highest BCUT2D eigenvalue weighted by atomic mass is 16.5. The summed E-state index contributed by atoms with van der Waals surface area (Å²) in [6, 6.07) is 4.85. The van der Waals surface area contributed by atoms with Gasteiger partial charge in [0.25, 0.3) is 0 Å². The first-order chi connectivity index (χ1) is 9.38. The molecule has 1 aromatic carbocycles. The highest BCUT2D eigenvalue weighted by molar-refractivity contribution is 6.04. The molecule has 1 unspecified atom stereocenters. The Bertz CT molecular complexity index is 542. The van der Waals surface area contributed by atoms with E-state index >= 15 is 0 Å². The van der Waals surface area contributed by atoms with Crippen LogP contribution in [0.1, 0.15) is 20.8 Å². The van der Waals surface area contributed by atoms with Crippen LogP contribution in [0.3, 0.4) is 0 Å². The van der Waals surface area contributed by atoms with Crippen LogP contribution in [0.25, 0.3) is 0 Å². The summed E-state index contributed by atoms with van der Waals surface area (Å²) in [5.74, 6) is -0.0520. The molecule has 0 radical (unpaired) electrons. The first-order valence-electron chi connectivity index (χ1n) is 6.55. The van der Waals surface area contributed by atoms with Gasteiger partial charge in [-0.1, -0.05) is 0 Å². The molecular formula is C14H19N3O3. The third kappa shape index (κ3) is 2.84. The van der Waals surface area contributed by atoms with E-state index in [0.29, 0.717) is 11.4 Å². The number of ether oxygens (including phenoxy) is 1. The molecule has 1 aliphatic heterocycles. The first kappa shape index (κ1) is 14.2. The second-order valence-electron chi connectivity index (χ2n) is 5.11. The Morgan fingerprint density at radius 3 is 2.75 bits per heavy atom. The molecule has 0 saturated carbocycles. The van der Waals surface area contributed by atoms with Crippen molar-refractivity contribution in [1.29, 1.82) is 0 Å². The third-order valence-electron chi connectivity index (χ3n) is 3.11. The lowest BCUT2D eigenvalue weighted by Gasteiger charge is -2.33. The third-order valence-corrected chi connectivity index (χ3v) is 3.11. The van der Waals surface area contributed by atoms with E-state index in [-0.39, 0.29) is 24.5 Å². The molecule has 0 aliphatic carbocycles. The van der Waals surface area contributed by atoms with Crippen molar-refractivity contribution >= 4 is 23.2 Å². The molecule has 2 rings (SSSR count). The molecule has 1 saturated heterocycles. The summed E-state index contributed by atoms with van der Waals surface area (Å²) in [6.07, 6.45) is -0.00346. The number of hydrogen-bond donors (Lipinski definition) is 2. The van der Waals surface area contributed by atoms with Gasteiger partial charge in [0.15, 0.2) is 0 Å². The summed E-state index contributed by atoms with van der Waals surface area (Å²) in [7, 11) is 0. The highest BCUT2D eigenvalue weighted by Gasteiger charge is 2.30. The molecule has 1 heterocycles. The Labute approximate surface area is 117 Å². The van der Waals surface area contributed by atoms with Crippen molar-refractivity contribution in [3.8, 4) is 5.75 Å². The van der Waals surface area contributed by atoms with E-state index in [1.807, 2.05) is 13.8 Å². The van der Waals surface area contributed by atoms with E-state index in [2.05, 4.69) is 5.32 Å². The summed E-state index contributed by atoms with van der Waals surface area (Å²) in [6.45, 7) is 5.71. The van der Waals surface area contributed by atoms with Crippen molar-refractivity contribution < 1.29 is 14.3 Å². The molecule has 1 fully saturated rings. The van der Waals surface area contributed by atoms with Gasteiger partial charge in [-0.25, -0.2) is 0 Å². The quantitative estimate of drug-likeness (QED) is 0.633. The number of nitrogen functional groups attached to an aromatic ring is 1. The van der Waals surface area contributed by atoms with Gasteiger partial charge in [0, 0.05) is 11.8 Å². The number of carbonyl (C=O) groups is 2. The zero-order valence-electron chi connectivity index (χ0n) is 11.8. The summed E-state index contributed by atoms with van der Waals surface area (Å²) < 4.78 is 5.63. The van der Waals surface area contributed by atoms with Crippen LogP contribution in [0.15, 0.2) is 18.2 Å².